The molecule has 2 heteroatoms. The summed E-state index contributed by atoms with van der Waals surface area (Å²) in [7, 11) is 0. The SMILES string of the molecule is C=N/C=C(\C=C/C)CBr. The van der Waals surface area contributed by atoms with Crippen LogP contribution in [-0.4, -0.2) is 12.0 Å². The molecule has 0 aromatic carbocycles. The molecule has 0 saturated heterocycles. The Labute approximate surface area is 64.3 Å². The second-order valence-electron chi connectivity index (χ2n) is 1.52. The molecule has 0 atom stereocenters. The van der Waals surface area contributed by atoms with E-state index in [0.717, 1.165) is 10.9 Å². The van der Waals surface area contributed by atoms with E-state index in [9.17, 15) is 0 Å². The smallest absolute Gasteiger partial charge is 0.0301 e. The molecule has 0 saturated carbocycles. The second-order valence-corrected chi connectivity index (χ2v) is 2.08. The summed E-state index contributed by atoms with van der Waals surface area (Å²) in [6.07, 6.45) is 5.69. The third-order valence-electron chi connectivity index (χ3n) is 0.792. The summed E-state index contributed by atoms with van der Waals surface area (Å²) < 4.78 is 0. The molecule has 9 heavy (non-hydrogen) atoms. The van der Waals surface area contributed by atoms with Crippen molar-refractivity contribution < 1.29 is 0 Å². The summed E-state index contributed by atoms with van der Waals surface area (Å²) in [4.78, 5) is 3.63. The first-order valence-electron chi connectivity index (χ1n) is 2.68. The van der Waals surface area contributed by atoms with Gasteiger partial charge < -0.3 is 0 Å². The number of halogens is 1. The zero-order valence-electron chi connectivity index (χ0n) is 5.47. The van der Waals surface area contributed by atoms with E-state index in [2.05, 4.69) is 27.6 Å². The molecule has 0 spiro atoms. The summed E-state index contributed by atoms with van der Waals surface area (Å²) in [5, 5.41) is 0.830. The maximum atomic E-state index is 3.63. The Morgan fingerprint density at radius 2 is 2.44 bits per heavy atom. The van der Waals surface area contributed by atoms with Crippen molar-refractivity contribution >= 4 is 22.6 Å². The van der Waals surface area contributed by atoms with E-state index in [-0.39, 0.29) is 0 Å². The number of alkyl halides is 1. The lowest BCUT2D eigenvalue weighted by Crippen LogP contribution is -1.75. The molecule has 0 aromatic rings. The van der Waals surface area contributed by atoms with E-state index in [1.54, 1.807) is 6.20 Å². The van der Waals surface area contributed by atoms with E-state index in [1.165, 1.54) is 0 Å². The minimum atomic E-state index is 0.830. The van der Waals surface area contributed by atoms with Crippen molar-refractivity contribution in [2.45, 2.75) is 6.92 Å². The third-order valence-corrected chi connectivity index (χ3v) is 1.44. The fourth-order valence-corrected chi connectivity index (χ4v) is 0.785. The van der Waals surface area contributed by atoms with Crippen molar-refractivity contribution in [3.05, 3.63) is 23.9 Å². The van der Waals surface area contributed by atoms with Crippen molar-refractivity contribution in [2.75, 3.05) is 5.33 Å². The van der Waals surface area contributed by atoms with E-state index in [0.29, 0.717) is 0 Å². The zero-order valence-corrected chi connectivity index (χ0v) is 7.06. The van der Waals surface area contributed by atoms with Gasteiger partial charge in [-0.3, -0.25) is 4.99 Å². The Morgan fingerprint density at radius 3 is 2.78 bits per heavy atom. The van der Waals surface area contributed by atoms with Gasteiger partial charge >= 0.3 is 0 Å². The second kappa shape index (κ2) is 5.76. The molecule has 1 nitrogen and oxygen atoms in total. The molecule has 0 aromatic heterocycles. The Hall–Kier alpha value is -0.370. The summed E-state index contributed by atoms with van der Waals surface area (Å²) >= 11 is 3.31. The lowest BCUT2D eigenvalue weighted by Gasteiger charge is -1.88. The molecule has 0 fully saturated rings. The Kier molecular flexibility index (Phi) is 5.52. The van der Waals surface area contributed by atoms with Crippen LogP contribution in [0, 0.1) is 0 Å². The maximum Gasteiger partial charge on any atom is 0.0301 e. The number of allylic oxidation sites excluding steroid dienone is 3. The number of rotatable bonds is 3. The largest absolute Gasteiger partial charge is 0.272 e. The average molecular weight is 188 g/mol. The highest BCUT2D eigenvalue weighted by atomic mass is 79.9. The molecule has 0 heterocycles. The molecule has 0 bridgehead atoms. The van der Waals surface area contributed by atoms with Gasteiger partial charge in [-0.25, -0.2) is 0 Å². The molecule has 0 aliphatic heterocycles. The molecule has 0 rings (SSSR count). The Balaban J connectivity index is 3.96. The molecule has 0 unspecified atom stereocenters. The van der Waals surface area contributed by atoms with Crippen LogP contribution in [-0.2, 0) is 0 Å². The highest BCUT2D eigenvalue weighted by Gasteiger charge is 1.83. The van der Waals surface area contributed by atoms with Gasteiger partial charge in [-0.15, -0.1) is 0 Å². The predicted octanol–water partition coefficient (Wildman–Crippen LogP) is 2.54. The van der Waals surface area contributed by atoms with Crippen LogP contribution in [0.2, 0.25) is 0 Å². The number of hydrogen-bond donors (Lipinski definition) is 0. The zero-order chi connectivity index (χ0) is 7.11. The Bertz CT molecular complexity index is 136. The van der Waals surface area contributed by atoms with Gasteiger partial charge in [0.15, 0.2) is 0 Å². The molecule has 0 aliphatic carbocycles. The fourth-order valence-electron chi connectivity index (χ4n) is 0.453. The topological polar surface area (TPSA) is 12.4 Å². The van der Waals surface area contributed by atoms with Crippen LogP contribution < -0.4 is 0 Å². The monoisotopic (exact) mass is 187 g/mol. The van der Waals surface area contributed by atoms with Gasteiger partial charge in [0.05, 0.1) is 0 Å². The number of hydrogen-bond acceptors (Lipinski definition) is 1. The van der Waals surface area contributed by atoms with E-state index >= 15 is 0 Å². The maximum absolute atomic E-state index is 3.63. The van der Waals surface area contributed by atoms with Crippen molar-refractivity contribution in [1.82, 2.24) is 0 Å². The van der Waals surface area contributed by atoms with Crippen LogP contribution in [0.15, 0.2) is 28.9 Å². The van der Waals surface area contributed by atoms with E-state index in [1.807, 2.05) is 19.1 Å². The normalized spacial score (nSPS) is 12.4. The predicted molar refractivity (Wildman–Crippen MR) is 46.2 cm³/mol. The molecule has 0 radical (unpaired) electrons. The van der Waals surface area contributed by atoms with Crippen LogP contribution in [0.1, 0.15) is 6.92 Å². The molecular weight excluding hydrogens is 178 g/mol. The lowest BCUT2D eigenvalue weighted by molar-refractivity contribution is 1.45. The van der Waals surface area contributed by atoms with Gasteiger partial charge in [0, 0.05) is 11.5 Å². The fraction of sp³-hybridized carbons (Fsp3) is 0.286. The lowest BCUT2D eigenvalue weighted by atomic mass is 10.3. The Morgan fingerprint density at radius 1 is 1.78 bits per heavy atom. The van der Waals surface area contributed by atoms with Crippen LogP contribution >= 0.6 is 15.9 Å². The molecular formula is C7H10BrN. The third kappa shape index (κ3) is 4.15. The van der Waals surface area contributed by atoms with Crippen LogP contribution in [0.4, 0.5) is 0 Å². The van der Waals surface area contributed by atoms with E-state index in [4.69, 9.17) is 0 Å². The van der Waals surface area contributed by atoms with Crippen molar-refractivity contribution in [3.8, 4) is 0 Å². The molecule has 0 N–H and O–H groups in total. The van der Waals surface area contributed by atoms with Crippen molar-refractivity contribution in [3.63, 3.8) is 0 Å². The first-order valence-corrected chi connectivity index (χ1v) is 3.80. The summed E-state index contributed by atoms with van der Waals surface area (Å²) in [6.45, 7) is 5.32. The number of nitrogens with zero attached hydrogens (tertiary/aromatic N) is 1. The van der Waals surface area contributed by atoms with Crippen LogP contribution in [0.3, 0.4) is 0 Å². The summed E-state index contributed by atoms with van der Waals surface area (Å²) in [5.74, 6) is 0. The molecule has 0 amide bonds. The summed E-state index contributed by atoms with van der Waals surface area (Å²) in [5.41, 5.74) is 1.13. The first kappa shape index (κ1) is 8.63. The van der Waals surface area contributed by atoms with Crippen LogP contribution in [0.5, 0.6) is 0 Å². The van der Waals surface area contributed by atoms with Gasteiger partial charge in [-0.2, -0.15) is 0 Å². The summed E-state index contributed by atoms with van der Waals surface area (Å²) in [6, 6.07) is 0. The quantitative estimate of drug-likeness (QED) is 0.366. The highest BCUT2D eigenvalue weighted by Crippen LogP contribution is 2.00. The molecule has 50 valence electrons. The highest BCUT2D eigenvalue weighted by molar-refractivity contribution is 9.09. The molecule has 0 aliphatic rings. The standard InChI is InChI=1S/C7H10BrN/c1-3-4-7(5-8)6-9-2/h3-4,6H,2,5H2,1H3/b4-3-,7-6+. The average Bonchev–Trinajstić information content (AvgIpc) is 1.88. The van der Waals surface area contributed by atoms with Gasteiger partial charge in [-0.05, 0) is 19.2 Å². The minimum absolute atomic E-state index is 0.830. The first-order chi connectivity index (χ1) is 4.35. The van der Waals surface area contributed by atoms with Crippen LogP contribution in [0.25, 0.3) is 0 Å². The van der Waals surface area contributed by atoms with Gasteiger partial charge in [-0.1, -0.05) is 28.1 Å². The van der Waals surface area contributed by atoms with Crippen molar-refractivity contribution in [2.24, 2.45) is 4.99 Å². The number of aliphatic imine (C=N–C) groups is 1. The van der Waals surface area contributed by atoms with Crippen molar-refractivity contribution in [1.29, 1.82) is 0 Å². The van der Waals surface area contributed by atoms with Gasteiger partial charge in [0.1, 0.15) is 0 Å². The minimum Gasteiger partial charge on any atom is -0.272 e. The van der Waals surface area contributed by atoms with Gasteiger partial charge in [0.2, 0.25) is 0 Å². The van der Waals surface area contributed by atoms with E-state index < -0.39 is 0 Å². The van der Waals surface area contributed by atoms with Gasteiger partial charge in [0.25, 0.3) is 0 Å².